The largest absolute Gasteiger partial charge is 0.378 e. The number of aryl methyl sites for hydroxylation is 1. The van der Waals surface area contributed by atoms with Crippen molar-refractivity contribution in [2.75, 3.05) is 12.3 Å². The predicted molar refractivity (Wildman–Crippen MR) is 67.7 cm³/mol. The number of hydrogen-bond acceptors (Lipinski definition) is 3. The smallest absolute Gasteiger partial charge is 0.201 e. The Hall–Kier alpha value is -1.69. The van der Waals surface area contributed by atoms with Crippen LogP contribution >= 0.6 is 0 Å². The van der Waals surface area contributed by atoms with E-state index < -0.39 is 11.6 Å². The van der Waals surface area contributed by atoms with Crippen LogP contribution < -0.4 is 5.73 Å². The maximum atomic E-state index is 13.6. The Morgan fingerprint density at radius 3 is 3.00 bits per heavy atom. The average molecular weight is 267 g/mol. The number of imidazole rings is 1. The number of ether oxygens (including phenoxy) is 1. The molecule has 1 saturated heterocycles. The van der Waals surface area contributed by atoms with Gasteiger partial charge in [0, 0.05) is 25.3 Å². The molecule has 0 radical (unpaired) electrons. The molecule has 1 aliphatic rings. The Kier molecular flexibility index (Phi) is 3.10. The molecule has 1 fully saturated rings. The molecule has 19 heavy (non-hydrogen) atoms. The zero-order valence-corrected chi connectivity index (χ0v) is 10.4. The van der Waals surface area contributed by atoms with Gasteiger partial charge >= 0.3 is 0 Å². The fourth-order valence-corrected chi connectivity index (χ4v) is 2.55. The number of halogens is 2. The molecule has 0 saturated carbocycles. The molecule has 0 amide bonds. The molecule has 2 aromatic rings. The Balaban J connectivity index is 1.91. The number of fused-ring (bicyclic) bond motifs is 1. The summed E-state index contributed by atoms with van der Waals surface area (Å²) in [5.74, 6) is -1.10. The fourth-order valence-electron chi connectivity index (χ4n) is 2.55. The standard InChI is InChI=1S/C13H15F2N3O/c14-8-6-10(15)12-11(7-8)18(13(16)17-12)4-3-9-2-1-5-19-9/h6-7,9H,1-5H2,(H2,16,17). The van der Waals surface area contributed by atoms with Gasteiger partial charge in [0.2, 0.25) is 5.95 Å². The van der Waals surface area contributed by atoms with E-state index in [0.29, 0.717) is 12.1 Å². The molecule has 102 valence electrons. The second-order valence-corrected chi connectivity index (χ2v) is 4.80. The summed E-state index contributed by atoms with van der Waals surface area (Å²) in [6, 6.07) is 2.08. The molecule has 0 spiro atoms. The molecule has 0 bridgehead atoms. The highest BCUT2D eigenvalue weighted by atomic mass is 19.1. The van der Waals surface area contributed by atoms with Gasteiger partial charge in [-0.05, 0) is 19.3 Å². The van der Waals surface area contributed by atoms with Crippen molar-refractivity contribution < 1.29 is 13.5 Å². The number of benzene rings is 1. The van der Waals surface area contributed by atoms with Crippen molar-refractivity contribution in [3.8, 4) is 0 Å². The van der Waals surface area contributed by atoms with Crippen LogP contribution in [0.2, 0.25) is 0 Å². The van der Waals surface area contributed by atoms with Gasteiger partial charge in [-0.3, -0.25) is 0 Å². The minimum atomic E-state index is -0.683. The lowest BCUT2D eigenvalue weighted by Gasteiger charge is -2.11. The summed E-state index contributed by atoms with van der Waals surface area (Å²) in [6.45, 7) is 1.34. The monoisotopic (exact) mass is 267 g/mol. The molecule has 1 aromatic carbocycles. The zero-order valence-electron chi connectivity index (χ0n) is 10.4. The maximum absolute atomic E-state index is 13.6. The van der Waals surface area contributed by atoms with E-state index in [9.17, 15) is 8.78 Å². The summed E-state index contributed by atoms with van der Waals surface area (Å²) < 4.78 is 34.0. The van der Waals surface area contributed by atoms with Crippen molar-refractivity contribution in [2.45, 2.75) is 31.9 Å². The first-order valence-corrected chi connectivity index (χ1v) is 6.37. The molecule has 1 aliphatic heterocycles. The molecule has 2 heterocycles. The number of nitrogen functional groups attached to an aromatic ring is 1. The Morgan fingerprint density at radius 1 is 1.42 bits per heavy atom. The third-order valence-corrected chi connectivity index (χ3v) is 3.50. The van der Waals surface area contributed by atoms with Crippen LogP contribution in [-0.4, -0.2) is 22.3 Å². The third kappa shape index (κ3) is 2.28. The molecule has 1 aromatic heterocycles. The van der Waals surface area contributed by atoms with Gasteiger partial charge < -0.3 is 15.0 Å². The van der Waals surface area contributed by atoms with Gasteiger partial charge in [-0.1, -0.05) is 0 Å². The molecule has 1 atom stereocenters. The van der Waals surface area contributed by atoms with Gasteiger partial charge in [0.05, 0.1) is 11.6 Å². The van der Waals surface area contributed by atoms with Crippen molar-refractivity contribution in [1.82, 2.24) is 9.55 Å². The van der Waals surface area contributed by atoms with Crippen LogP contribution in [0.4, 0.5) is 14.7 Å². The number of nitrogens with zero attached hydrogens (tertiary/aromatic N) is 2. The minimum Gasteiger partial charge on any atom is -0.378 e. The zero-order chi connectivity index (χ0) is 13.4. The van der Waals surface area contributed by atoms with E-state index in [4.69, 9.17) is 10.5 Å². The molecule has 1 unspecified atom stereocenters. The minimum absolute atomic E-state index is 0.117. The van der Waals surface area contributed by atoms with Crippen molar-refractivity contribution in [3.63, 3.8) is 0 Å². The van der Waals surface area contributed by atoms with Crippen molar-refractivity contribution in [2.24, 2.45) is 0 Å². The number of hydrogen-bond donors (Lipinski definition) is 1. The van der Waals surface area contributed by atoms with Gasteiger partial charge in [0.25, 0.3) is 0 Å². The first-order valence-electron chi connectivity index (χ1n) is 6.37. The Bertz CT molecular complexity index is 605. The SMILES string of the molecule is Nc1nc2c(F)cc(F)cc2n1CCC1CCCO1. The van der Waals surface area contributed by atoms with E-state index in [-0.39, 0.29) is 17.6 Å². The predicted octanol–water partition coefficient (Wildman–Crippen LogP) is 2.47. The van der Waals surface area contributed by atoms with E-state index in [0.717, 1.165) is 31.9 Å². The van der Waals surface area contributed by atoms with Gasteiger partial charge in [-0.25, -0.2) is 13.8 Å². The molecule has 6 heteroatoms. The summed E-state index contributed by atoms with van der Waals surface area (Å²) in [4.78, 5) is 3.96. The maximum Gasteiger partial charge on any atom is 0.201 e. The highest BCUT2D eigenvalue weighted by molar-refractivity contribution is 5.79. The number of rotatable bonds is 3. The molecular formula is C13H15F2N3O. The molecule has 0 aliphatic carbocycles. The van der Waals surface area contributed by atoms with Crippen molar-refractivity contribution in [1.29, 1.82) is 0 Å². The number of aromatic nitrogens is 2. The Morgan fingerprint density at radius 2 is 2.26 bits per heavy atom. The first-order chi connectivity index (χ1) is 9.15. The summed E-state index contributed by atoms with van der Waals surface area (Å²) in [5.41, 5.74) is 6.29. The van der Waals surface area contributed by atoms with Crippen LogP contribution in [0.25, 0.3) is 11.0 Å². The number of nitrogens with two attached hydrogens (primary N) is 1. The fraction of sp³-hybridized carbons (Fsp3) is 0.462. The van der Waals surface area contributed by atoms with Gasteiger partial charge in [0.1, 0.15) is 11.3 Å². The average Bonchev–Trinajstić information content (AvgIpc) is 2.95. The van der Waals surface area contributed by atoms with Gasteiger partial charge in [0.15, 0.2) is 5.82 Å². The quantitative estimate of drug-likeness (QED) is 0.929. The third-order valence-electron chi connectivity index (χ3n) is 3.50. The van der Waals surface area contributed by atoms with E-state index >= 15 is 0 Å². The van der Waals surface area contributed by atoms with Gasteiger partial charge in [-0.2, -0.15) is 0 Å². The van der Waals surface area contributed by atoms with E-state index in [2.05, 4.69) is 4.98 Å². The van der Waals surface area contributed by atoms with Gasteiger partial charge in [-0.15, -0.1) is 0 Å². The van der Waals surface area contributed by atoms with E-state index in [1.807, 2.05) is 0 Å². The molecule has 3 rings (SSSR count). The van der Waals surface area contributed by atoms with Crippen LogP contribution in [0.3, 0.4) is 0 Å². The molecule has 2 N–H and O–H groups in total. The highest BCUT2D eigenvalue weighted by Crippen LogP contribution is 2.24. The lowest BCUT2D eigenvalue weighted by atomic mass is 10.2. The topological polar surface area (TPSA) is 53.1 Å². The molecule has 4 nitrogen and oxygen atoms in total. The lowest BCUT2D eigenvalue weighted by molar-refractivity contribution is 0.101. The summed E-state index contributed by atoms with van der Waals surface area (Å²) in [5, 5.41) is 0. The second-order valence-electron chi connectivity index (χ2n) is 4.80. The first kappa shape index (κ1) is 12.3. The molecular weight excluding hydrogens is 252 g/mol. The summed E-state index contributed by atoms with van der Waals surface area (Å²) in [7, 11) is 0. The van der Waals surface area contributed by atoms with E-state index in [1.54, 1.807) is 4.57 Å². The highest BCUT2D eigenvalue weighted by Gasteiger charge is 2.18. The van der Waals surface area contributed by atoms with Crippen molar-refractivity contribution >= 4 is 17.0 Å². The van der Waals surface area contributed by atoms with E-state index in [1.165, 1.54) is 6.07 Å². The summed E-state index contributed by atoms with van der Waals surface area (Å²) in [6.07, 6.45) is 3.06. The lowest BCUT2D eigenvalue weighted by Crippen LogP contribution is -2.11. The normalized spacial score (nSPS) is 19.4. The van der Waals surface area contributed by atoms with Crippen molar-refractivity contribution in [3.05, 3.63) is 23.8 Å². The second kappa shape index (κ2) is 4.77. The van der Waals surface area contributed by atoms with Crippen LogP contribution in [0, 0.1) is 11.6 Å². The Labute approximate surface area is 109 Å². The summed E-state index contributed by atoms with van der Waals surface area (Å²) >= 11 is 0. The van der Waals surface area contributed by atoms with Crippen LogP contribution in [0.15, 0.2) is 12.1 Å². The van der Waals surface area contributed by atoms with Crippen LogP contribution in [0.5, 0.6) is 0 Å². The van der Waals surface area contributed by atoms with Crippen LogP contribution in [0.1, 0.15) is 19.3 Å². The number of anilines is 1. The van der Waals surface area contributed by atoms with Crippen LogP contribution in [-0.2, 0) is 11.3 Å².